The van der Waals surface area contributed by atoms with Crippen molar-refractivity contribution in [2.24, 2.45) is 5.92 Å². The maximum absolute atomic E-state index is 15.6. The van der Waals surface area contributed by atoms with Gasteiger partial charge in [0.05, 0.1) is 22.9 Å². The van der Waals surface area contributed by atoms with Crippen LogP contribution in [0.2, 0.25) is 0 Å². The number of carbonyl (C=O) groups is 4. The van der Waals surface area contributed by atoms with Crippen molar-refractivity contribution in [1.29, 1.82) is 5.26 Å². The second-order valence-corrected chi connectivity index (χ2v) is 16.9. The lowest BCUT2D eigenvalue weighted by Gasteiger charge is -2.45. The molecule has 5 amide bonds. The van der Waals surface area contributed by atoms with Crippen molar-refractivity contribution in [3.8, 4) is 6.07 Å². The maximum Gasteiger partial charge on any atom is 0.417 e. The molecule has 4 fully saturated rings. The highest BCUT2D eigenvalue weighted by molar-refractivity contribution is 6.05. The summed E-state index contributed by atoms with van der Waals surface area (Å²) < 4.78 is 56.5. The minimum Gasteiger partial charge on any atom is -0.369 e. The second kappa shape index (κ2) is 16.9. The molecule has 8 rings (SSSR count). The molecule has 5 aliphatic rings. The molecular formula is C44H49F4N9O4. The van der Waals surface area contributed by atoms with Gasteiger partial charge in [-0.1, -0.05) is 0 Å². The van der Waals surface area contributed by atoms with Crippen LogP contribution in [0.4, 0.5) is 45.1 Å². The van der Waals surface area contributed by atoms with Crippen LogP contribution in [0.5, 0.6) is 0 Å². The van der Waals surface area contributed by atoms with E-state index < -0.39 is 41.1 Å². The Hall–Kier alpha value is -5.89. The number of nitriles is 1. The van der Waals surface area contributed by atoms with E-state index in [1.54, 1.807) is 32.9 Å². The van der Waals surface area contributed by atoms with E-state index in [1.165, 1.54) is 18.2 Å². The van der Waals surface area contributed by atoms with Crippen molar-refractivity contribution in [1.82, 2.24) is 20.0 Å². The number of piperazine rings is 2. The first kappa shape index (κ1) is 41.8. The quantitative estimate of drug-likeness (QED) is 0.229. The summed E-state index contributed by atoms with van der Waals surface area (Å²) in [6.45, 7) is 10.3. The number of alkyl halides is 3. The summed E-state index contributed by atoms with van der Waals surface area (Å²) >= 11 is 0. The first-order valence-electron chi connectivity index (χ1n) is 20.9. The number of nitrogens with one attached hydrogen (secondary N) is 2. The van der Waals surface area contributed by atoms with Crippen LogP contribution in [0.3, 0.4) is 0 Å². The number of halogens is 4. The Kier molecular flexibility index (Phi) is 11.6. The predicted molar refractivity (Wildman–Crippen MR) is 221 cm³/mol. The third-order valence-corrected chi connectivity index (χ3v) is 12.9. The molecule has 13 nitrogen and oxygen atoms in total. The topological polar surface area (TPSA) is 136 Å². The standard InChI is InChI=1S/C44H49F4N9O4/c1-27-24-56(28(2)23-55(27)34-5-3-30(22-49)36(21-34)44(46,47)48)43(61)50-32-4-8-38(37(45)20-32)54-13-11-29(12-14-54)25-52-15-17-53(18-16-52)33-6-7-35-31(19-33)26-57(42(35)60)39-9-10-40(58)51-41(39)59/h3-8,19-21,27-29,39H,9-18,23-26H2,1-2H3,(H,50,61)(H,51,58,59)/t27-,28+,39-/m0/s1. The number of hydrogen-bond donors (Lipinski definition) is 2. The van der Waals surface area contributed by atoms with Crippen molar-refractivity contribution in [3.63, 3.8) is 0 Å². The van der Waals surface area contributed by atoms with Crippen LogP contribution in [0, 0.1) is 23.1 Å². The largest absolute Gasteiger partial charge is 0.417 e. The highest BCUT2D eigenvalue weighted by atomic mass is 19.4. The summed E-state index contributed by atoms with van der Waals surface area (Å²) in [7, 11) is 0. The fourth-order valence-electron chi connectivity index (χ4n) is 9.52. The Morgan fingerprint density at radius 3 is 2.28 bits per heavy atom. The molecule has 3 aromatic rings. The van der Waals surface area contributed by atoms with Gasteiger partial charge in [0.2, 0.25) is 11.8 Å². The van der Waals surface area contributed by atoms with Crippen LogP contribution in [0.25, 0.3) is 0 Å². The molecule has 0 spiro atoms. The van der Waals surface area contributed by atoms with Gasteiger partial charge < -0.3 is 29.8 Å². The zero-order valence-electron chi connectivity index (χ0n) is 34.2. The lowest BCUT2D eigenvalue weighted by Crippen LogP contribution is -2.59. The first-order chi connectivity index (χ1) is 29.2. The third-order valence-electron chi connectivity index (χ3n) is 12.9. The van der Waals surface area contributed by atoms with Gasteiger partial charge >= 0.3 is 12.2 Å². The SMILES string of the molecule is C[C@@H]1CN(c2ccc(C#N)c(C(F)(F)F)c2)[C@@H](C)CN1C(=O)Nc1ccc(N2CCC(CN3CCN(c4ccc5c(c4)CN([C@H]4CCC(=O)NC4=O)C5=O)CC3)CC2)c(F)c1. The van der Waals surface area contributed by atoms with Gasteiger partial charge in [-0.3, -0.25) is 24.6 Å². The van der Waals surface area contributed by atoms with Crippen LogP contribution >= 0.6 is 0 Å². The summed E-state index contributed by atoms with van der Waals surface area (Å²) in [6.07, 6.45) is -2.28. The average molecular weight is 844 g/mol. The molecule has 5 heterocycles. The second-order valence-electron chi connectivity index (χ2n) is 16.9. The third kappa shape index (κ3) is 8.68. The summed E-state index contributed by atoms with van der Waals surface area (Å²) in [5.74, 6) is -0.854. The van der Waals surface area contributed by atoms with Crippen LogP contribution in [0.15, 0.2) is 54.6 Å². The van der Waals surface area contributed by atoms with Crippen molar-refractivity contribution in [3.05, 3.63) is 82.7 Å². The highest BCUT2D eigenvalue weighted by Gasteiger charge is 2.40. The summed E-state index contributed by atoms with van der Waals surface area (Å²) in [4.78, 5) is 62.4. The summed E-state index contributed by atoms with van der Waals surface area (Å²) in [6, 6.07) is 14.1. The number of amides is 5. The number of piperidine rings is 2. The lowest BCUT2D eigenvalue weighted by atomic mass is 9.95. The number of rotatable bonds is 7. The number of benzene rings is 3. The molecule has 3 atom stereocenters. The van der Waals surface area contributed by atoms with Gasteiger partial charge in [0, 0.05) is 107 Å². The van der Waals surface area contributed by atoms with Gasteiger partial charge in [-0.2, -0.15) is 18.4 Å². The monoisotopic (exact) mass is 843 g/mol. The number of hydrogen-bond acceptors (Lipinski definition) is 9. The number of urea groups is 1. The Bertz CT molecular complexity index is 2250. The first-order valence-corrected chi connectivity index (χ1v) is 20.9. The van der Waals surface area contributed by atoms with Gasteiger partial charge in [-0.05, 0) is 99.2 Å². The van der Waals surface area contributed by atoms with Crippen molar-refractivity contribution < 1.29 is 36.7 Å². The molecule has 61 heavy (non-hydrogen) atoms. The molecule has 2 N–H and O–H groups in total. The molecule has 0 bridgehead atoms. The lowest BCUT2D eigenvalue weighted by molar-refractivity contribution is -0.138. The molecule has 0 radical (unpaired) electrons. The zero-order valence-corrected chi connectivity index (χ0v) is 34.2. The van der Waals surface area contributed by atoms with E-state index in [0.29, 0.717) is 54.6 Å². The fraction of sp³-hybridized carbons (Fsp3) is 0.477. The minimum absolute atomic E-state index is 0.176. The van der Waals surface area contributed by atoms with E-state index in [-0.39, 0.29) is 43.4 Å². The number of nitrogens with zero attached hydrogens (tertiary/aromatic N) is 7. The average Bonchev–Trinajstić information content (AvgIpc) is 3.56. The van der Waals surface area contributed by atoms with Crippen molar-refractivity contribution in [2.75, 3.05) is 78.9 Å². The van der Waals surface area contributed by atoms with E-state index in [9.17, 15) is 37.6 Å². The van der Waals surface area contributed by atoms with E-state index in [0.717, 1.165) is 62.9 Å². The maximum atomic E-state index is 15.6. The Labute approximate surface area is 351 Å². The number of imide groups is 1. The fourth-order valence-corrected chi connectivity index (χ4v) is 9.52. The van der Waals surface area contributed by atoms with E-state index in [2.05, 4.69) is 26.5 Å². The molecule has 0 aliphatic carbocycles. The Morgan fingerprint density at radius 1 is 0.852 bits per heavy atom. The smallest absolute Gasteiger partial charge is 0.369 e. The molecule has 3 aromatic carbocycles. The number of fused-ring (bicyclic) bond motifs is 1. The highest BCUT2D eigenvalue weighted by Crippen LogP contribution is 2.36. The molecule has 4 saturated heterocycles. The zero-order chi connectivity index (χ0) is 43.2. The van der Waals surface area contributed by atoms with Gasteiger partial charge in [-0.15, -0.1) is 0 Å². The Morgan fingerprint density at radius 2 is 1.59 bits per heavy atom. The normalized spacial score (nSPS) is 22.9. The van der Waals surface area contributed by atoms with E-state index >= 15 is 4.39 Å². The summed E-state index contributed by atoms with van der Waals surface area (Å²) in [5.41, 5.74) is 2.23. The predicted octanol–water partition coefficient (Wildman–Crippen LogP) is 5.65. The molecular weight excluding hydrogens is 795 g/mol. The van der Waals surface area contributed by atoms with Crippen molar-refractivity contribution in [2.45, 2.75) is 70.4 Å². The Balaban J connectivity index is 0.789. The molecule has 0 aromatic heterocycles. The van der Waals surface area contributed by atoms with Crippen molar-refractivity contribution >= 4 is 46.5 Å². The van der Waals surface area contributed by atoms with E-state index in [1.807, 2.05) is 30.9 Å². The molecule has 17 heteroatoms. The summed E-state index contributed by atoms with van der Waals surface area (Å²) in [5, 5.41) is 14.3. The van der Waals surface area contributed by atoms with Crippen LogP contribution < -0.4 is 25.3 Å². The van der Waals surface area contributed by atoms with Crippen LogP contribution in [-0.4, -0.2) is 115 Å². The van der Waals surface area contributed by atoms with E-state index in [4.69, 9.17) is 0 Å². The minimum atomic E-state index is -4.68. The van der Waals surface area contributed by atoms with Gasteiger partial charge in [-0.25, -0.2) is 9.18 Å². The molecule has 322 valence electrons. The molecule has 0 saturated carbocycles. The number of anilines is 4. The van der Waals surface area contributed by atoms with Crippen LogP contribution in [-0.2, 0) is 22.3 Å². The van der Waals surface area contributed by atoms with Gasteiger partial charge in [0.1, 0.15) is 11.9 Å². The number of carbonyl (C=O) groups excluding carboxylic acids is 4. The molecule has 0 unspecified atom stereocenters. The van der Waals surface area contributed by atoms with Gasteiger partial charge in [0.25, 0.3) is 5.91 Å². The van der Waals surface area contributed by atoms with Gasteiger partial charge in [0.15, 0.2) is 0 Å². The van der Waals surface area contributed by atoms with Crippen LogP contribution in [0.1, 0.15) is 66.6 Å². The molecule has 5 aliphatic heterocycles.